The van der Waals surface area contributed by atoms with E-state index >= 15 is 0 Å². The van der Waals surface area contributed by atoms with Crippen LogP contribution < -0.4 is 15.5 Å². The Bertz CT molecular complexity index is 892. The highest BCUT2D eigenvalue weighted by Gasteiger charge is 2.39. The zero-order valence-corrected chi connectivity index (χ0v) is 17.1. The molecule has 0 aromatic heterocycles. The van der Waals surface area contributed by atoms with E-state index in [2.05, 4.69) is 16.9 Å². The fraction of sp³-hybridized carbons (Fsp3) is 0.348. The van der Waals surface area contributed by atoms with E-state index in [9.17, 15) is 4.79 Å². The Morgan fingerprint density at radius 1 is 1.17 bits per heavy atom. The molecule has 2 aromatic carbocycles. The summed E-state index contributed by atoms with van der Waals surface area (Å²) in [4.78, 5) is 23.4. The smallest absolute Gasteiger partial charge is 0.426 e. The Hall–Kier alpha value is -3.03. The van der Waals surface area contributed by atoms with E-state index in [0.717, 1.165) is 36.3 Å². The number of hydroxylamine groups is 3. The lowest BCUT2D eigenvalue weighted by molar-refractivity contribution is -0.156. The van der Waals surface area contributed by atoms with E-state index in [1.165, 1.54) is 5.56 Å². The maximum atomic E-state index is 12.1. The van der Waals surface area contributed by atoms with E-state index in [4.69, 9.17) is 14.4 Å². The molecule has 0 radical (unpaired) electrons. The van der Waals surface area contributed by atoms with E-state index in [-0.39, 0.29) is 5.60 Å². The monoisotopic (exact) mass is 409 g/mol. The molecule has 4 rings (SSSR count). The molecule has 30 heavy (non-hydrogen) atoms. The minimum atomic E-state index is -0.417. The van der Waals surface area contributed by atoms with Gasteiger partial charge in [-0.15, -0.1) is 5.06 Å². The van der Waals surface area contributed by atoms with Crippen LogP contribution in [-0.2, 0) is 16.1 Å². The molecule has 7 heteroatoms. The minimum Gasteiger partial charge on any atom is -0.497 e. The first-order valence-corrected chi connectivity index (χ1v) is 10.2. The Kier molecular flexibility index (Phi) is 6.21. The maximum absolute atomic E-state index is 12.1. The van der Waals surface area contributed by atoms with Crippen molar-refractivity contribution in [3.63, 3.8) is 0 Å². The summed E-state index contributed by atoms with van der Waals surface area (Å²) in [6.45, 7) is 1.76. The molecule has 1 fully saturated rings. The molecular weight excluding hydrogens is 382 g/mol. The number of nitrogens with zero attached hydrogens (tertiary/aromatic N) is 1. The van der Waals surface area contributed by atoms with Crippen molar-refractivity contribution in [2.75, 3.05) is 26.7 Å². The van der Waals surface area contributed by atoms with Crippen molar-refractivity contribution < 1.29 is 19.2 Å². The Labute approximate surface area is 176 Å². The standard InChI is InChI=1S/C23H27N3O4/c1-28-20-9-5-8-19(16-20)21-17-23(30-25-21)11-14-26(15-12-23)29-22(27)24-13-10-18-6-3-2-4-7-18/h2-9,16-17,25H,10-15H2,1H3,(H,24,27). The lowest BCUT2D eigenvalue weighted by Gasteiger charge is -2.35. The molecule has 158 valence electrons. The Morgan fingerprint density at radius 2 is 1.97 bits per heavy atom. The zero-order chi connectivity index (χ0) is 20.8. The molecule has 2 aliphatic heterocycles. The third-order valence-electron chi connectivity index (χ3n) is 5.46. The van der Waals surface area contributed by atoms with Gasteiger partial charge in [-0.2, -0.15) is 0 Å². The van der Waals surface area contributed by atoms with Gasteiger partial charge in [0.25, 0.3) is 0 Å². The molecule has 1 saturated heterocycles. The summed E-state index contributed by atoms with van der Waals surface area (Å²) < 4.78 is 5.30. The van der Waals surface area contributed by atoms with Crippen molar-refractivity contribution in [1.29, 1.82) is 0 Å². The number of carbonyl (C=O) groups is 1. The fourth-order valence-electron chi connectivity index (χ4n) is 3.72. The highest BCUT2D eigenvalue weighted by molar-refractivity contribution is 5.67. The average Bonchev–Trinajstić information content (AvgIpc) is 3.20. The number of nitrogens with one attached hydrogen (secondary N) is 2. The number of hydrogen-bond acceptors (Lipinski definition) is 6. The van der Waals surface area contributed by atoms with Crippen LogP contribution in [-0.4, -0.2) is 43.5 Å². The predicted octanol–water partition coefficient (Wildman–Crippen LogP) is 3.29. The number of methoxy groups -OCH3 is 1. The van der Waals surface area contributed by atoms with Gasteiger partial charge in [0.05, 0.1) is 12.8 Å². The molecule has 0 unspecified atom stereocenters. The van der Waals surface area contributed by atoms with Crippen molar-refractivity contribution in [2.45, 2.75) is 24.9 Å². The fourth-order valence-corrected chi connectivity index (χ4v) is 3.72. The third kappa shape index (κ3) is 4.93. The van der Waals surface area contributed by atoms with Crippen molar-refractivity contribution in [2.24, 2.45) is 0 Å². The van der Waals surface area contributed by atoms with Gasteiger partial charge in [0, 0.05) is 25.2 Å². The summed E-state index contributed by atoms with van der Waals surface area (Å²) in [5.74, 6) is 0.803. The molecule has 0 bridgehead atoms. The largest absolute Gasteiger partial charge is 0.497 e. The first-order valence-electron chi connectivity index (χ1n) is 10.2. The highest BCUT2D eigenvalue weighted by atomic mass is 16.7. The minimum absolute atomic E-state index is 0.387. The average molecular weight is 409 g/mol. The topological polar surface area (TPSA) is 72.1 Å². The number of benzene rings is 2. The maximum Gasteiger partial charge on any atom is 0.426 e. The first-order chi connectivity index (χ1) is 14.7. The third-order valence-corrected chi connectivity index (χ3v) is 5.46. The lowest BCUT2D eigenvalue weighted by Crippen LogP contribution is -2.46. The molecule has 1 spiro atoms. The van der Waals surface area contributed by atoms with Crippen LogP contribution in [0.15, 0.2) is 60.7 Å². The number of piperidine rings is 1. The molecule has 2 aromatic rings. The van der Waals surface area contributed by atoms with E-state index in [0.29, 0.717) is 19.6 Å². The molecule has 2 N–H and O–H groups in total. The summed E-state index contributed by atoms with van der Waals surface area (Å²) in [5.41, 5.74) is 5.80. The number of amides is 1. The van der Waals surface area contributed by atoms with Crippen LogP contribution in [0.4, 0.5) is 4.79 Å². The summed E-state index contributed by atoms with van der Waals surface area (Å²) >= 11 is 0. The van der Waals surface area contributed by atoms with E-state index < -0.39 is 6.09 Å². The van der Waals surface area contributed by atoms with Crippen molar-refractivity contribution in [3.05, 3.63) is 71.8 Å². The van der Waals surface area contributed by atoms with E-state index in [1.54, 1.807) is 12.2 Å². The highest BCUT2D eigenvalue weighted by Crippen LogP contribution is 2.35. The second-order valence-electron chi connectivity index (χ2n) is 7.53. The van der Waals surface area contributed by atoms with Crippen LogP contribution in [0, 0.1) is 0 Å². The van der Waals surface area contributed by atoms with Gasteiger partial charge < -0.3 is 14.9 Å². The lowest BCUT2D eigenvalue weighted by atomic mass is 9.91. The van der Waals surface area contributed by atoms with Crippen LogP contribution in [0.1, 0.15) is 24.0 Å². The van der Waals surface area contributed by atoms with Gasteiger partial charge >= 0.3 is 6.09 Å². The normalized spacial score (nSPS) is 17.8. The predicted molar refractivity (Wildman–Crippen MR) is 113 cm³/mol. The molecule has 2 aliphatic rings. The zero-order valence-electron chi connectivity index (χ0n) is 17.1. The van der Waals surface area contributed by atoms with Crippen LogP contribution in [0.3, 0.4) is 0 Å². The molecule has 1 amide bonds. The molecule has 0 atom stereocenters. The van der Waals surface area contributed by atoms with Crippen molar-refractivity contribution in [3.8, 4) is 5.75 Å². The van der Waals surface area contributed by atoms with E-state index in [1.807, 2.05) is 54.6 Å². The van der Waals surface area contributed by atoms with Gasteiger partial charge in [-0.05, 0) is 43.0 Å². The van der Waals surface area contributed by atoms with Crippen LogP contribution in [0.2, 0.25) is 0 Å². The second kappa shape index (κ2) is 9.19. The summed E-state index contributed by atoms with van der Waals surface area (Å²) in [6, 6.07) is 17.9. The Morgan fingerprint density at radius 3 is 2.73 bits per heavy atom. The molecule has 2 heterocycles. The van der Waals surface area contributed by atoms with Crippen molar-refractivity contribution in [1.82, 2.24) is 15.9 Å². The van der Waals surface area contributed by atoms with Crippen LogP contribution >= 0.6 is 0 Å². The number of hydrogen-bond donors (Lipinski definition) is 2. The van der Waals surface area contributed by atoms with Gasteiger partial charge in [-0.3, -0.25) is 10.3 Å². The van der Waals surface area contributed by atoms with Crippen LogP contribution in [0.25, 0.3) is 5.70 Å². The molecule has 0 aliphatic carbocycles. The number of rotatable bonds is 6. The van der Waals surface area contributed by atoms with Gasteiger partial charge in [-0.1, -0.05) is 42.5 Å². The summed E-state index contributed by atoms with van der Waals surface area (Å²) in [5, 5.41) is 4.51. The number of ether oxygens (including phenoxy) is 1. The van der Waals surface area contributed by atoms with Crippen molar-refractivity contribution >= 4 is 11.8 Å². The molecule has 7 nitrogen and oxygen atoms in total. The Balaban J connectivity index is 1.24. The van der Waals surface area contributed by atoms with Gasteiger partial charge in [0.1, 0.15) is 11.4 Å². The summed E-state index contributed by atoms with van der Waals surface area (Å²) in [6.07, 6.45) is 3.94. The SMILES string of the molecule is COc1cccc(C2=CC3(CCN(OC(=O)NCCc4ccccc4)CC3)ON2)c1. The second-order valence-corrected chi connectivity index (χ2v) is 7.53. The van der Waals surface area contributed by atoms with Crippen LogP contribution in [0.5, 0.6) is 5.75 Å². The molecular formula is C23H27N3O4. The van der Waals surface area contributed by atoms with Gasteiger partial charge in [-0.25, -0.2) is 4.79 Å². The first kappa shape index (κ1) is 20.3. The quantitative estimate of drug-likeness (QED) is 0.763. The summed E-state index contributed by atoms with van der Waals surface area (Å²) in [7, 11) is 1.65. The molecule has 0 saturated carbocycles. The van der Waals surface area contributed by atoms with Gasteiger partial charge in [0.15, 0.2) is 0 Å². The van der Waals surface area contributed by atoms with Gasteiger partial charge in [0.2, 0.25) is 0 Å². The number of carbonyl (C=O) groups excluding carboxylic acids is 1.